The van der Waals surface area contributed by atoms with Crippen molar-refractivity contribution in [2.24, 2.45) is 4.99 Å². The number of hydrogen-bond acceptors (Lipinski definition) is 3. The number of rotatable bonds is 9. The van der Waals surface area contributed by atoms with E-state index < -0.39 is 0 Å². The highest BCUT2D eigenvalue weighted by Crippen LogP contribution is 2.15. The van der Waals surface area contributed by atoms with Crippen molar-refractivity contribution >= 4 is 5.96 Å². The molecule has 6 nitrogen and oxygen atoms in total. The van der Waals surface area contributed by atoms with E-state index in [1.807, 2.05) is 31.3 Å². The molecule has 1 aromatic carbocycles. The minimum absolute atomic E-state index is 0.603. The quantitative estimate of drug-likeness (QED) is 0.375. The molecule has 0 radical (unpaired) electrons. The lowest BCUT2D eigenvalue weighted by molar-refractivity contribution is 0.143. The molecule has 2 rings (SSSR count). The molecule has 0 unspecified atom stereocenters. The van der Waals surface area contributed by atoms with Gasteiger partial charge in [0.2, 0.25) is 0 Å². The highest BCUT2D eigenvalue weighted by Gasteiger charge is 2.04. The topological polar surface area (TPSA) is 74.3 Å². The van der Waals surface area contributed by atoms with E-state index in [9.17, 15) is 0 Å². The van der Waals surface area contributed by atoms with E-state index >= 15 is 0 Å². The number of unbranched alkanes of at least 4 members (excludes halogenated alkanes) is 1. The summed E-state index contributed by atoms with van der Waals surface area (Å²) in [5.41, 5.74) is 2.15. The Balaban J connectivity index is 1.72. The van der Waals surface area contributed by atoms with Crippen LogP contribution in [0.15, 0.2) is 41.5 Å². The number of aliphatic imine (C=N–C) groups is 1. The average Bonchev–Trinajstić information content (AvgIpc) is 3.10. The van der Waals surface area contributed by atoms with E-state index in [2.05, 4.69) is 37.7 Å². The zero-order valence-electron chi connectivity index (χ0n) is 14.5. The van der Waals surface area contributed by atoms with Gasteiger partial charge in [-0.2, -0.15) is 0 Å². The first-order valence-corrected chi connectivity index (χ1v) is 8.45. The smallest absolute Gasteiger partial charge is 0.191 e. The number of hydrogen-bond donors (Lipinski definition) is 3. The Hall–Kier alpha value is -2.34. The summed E-state index contributed by atoms with van der Waals surface area (Å²) in [5, 5.41) is 6.56. The van der Waals surface area contributed by atoms with Gasteiger partial charge in [-0.1, -0.05) is 30.3 Å². The Bertz CT molecular complexity index is 609. The summed E-state index contributed by atoms with van der Waals surface area (Å²) in [4.78, 5) is 12.0. The van der Waals surface area contributed by atoms with Gasteiger partial charge in [-0.25, -0.2) is 4.98 Å². The van der Waals surface area contributed by atoms with Crippen LogP contribution in [-0.4, -0.2) is 42.7 Å². The SMILES string of the molecule is CCOCCCCNC(=NC)NCc1ncc(-c2ccccc2)[nH]1. The third-order valence-corrected chi connectivity index (χ3v) is 3.57. The number of imidazole rings is 1. The van der Waals surface area contributed by atoms with Crippen LogP contribution >= 0.6 is 0 Å². The predicted molar refractivity (Wildman–Crippen MR) is 98.0 cm³/mol. The lowest BCUT2D eigenvalue weighted by Crippen LogP contribution is -2.37. The molecule has 24 heavy (non-hydrogen) atoms. The first-order chi connectivity index (χ1) is 11.8. The van der Waals surface area contributed by atoms with Gasteiger partial charge < -0.3 is 20.4 Å². The van der Waals surface area contributed by atoms with Crippen molar-refractivity contribution in [2.75, 3.05) is 26.8 Å². The van der Waals surface area contributed by atoms with Gasteiger partial charge in [0.1, 0.15) is 5.82 Å². The van der Waals surface area contributed by atoms with Gasteiger partial charge in [0.15, 0.2) is 5.96 Å². The Kier molecular flexibility index (Phi) is 7.83. The molecule has 0 saturated heterocycles. The fourth-order valence-corrected chi connectivity index (χ4v) is 2.29. The molecular weight excluding hydrogens is 302 g/mol. The lowest BCUT2D eigenvalue weighted by Gasteiger charge is -2.10. The zero-order chi connectivity index (χ0) is 17.0. The molecule has 6 heteroatoms. The maximum atomic E-state index is 5.32. The van der Waals surface area contributed by atoms with Crippen LogP contribution in [0.2, 0.25) is 0 Å². The number of ether oxygens (including phenoxy) is 1. The number of nitrogens with one attached hydrogen (secondary N) is 3. The molecule has 0 spiro atoms. The van der Waals surface area contributed by atoms with Crippen LogP contribution in [0.3, 0.4) is 0 Å². The molecular formula is C18H27N5O. The number of aromatic nitrogens is 2. The van der Waals surface area contributed by atoms with Gasteiger partial charge in [0, 0.05) is 26.8 Å². The van der Waals surface area contributed by atoms with Crippen LogP contribution in [-0.2, 0) is 11.3 Å². The van der Waals surface area contributed by atoms with Crippen LogP contribution in [0, 0.1) is 0 Å². The van der Waals surface area contributed by atoms with Gasteiger partial charge in [-0.15, -0.1) is 0 Å². The molecule has 3 N–H and O–H groups in total. The molecule has 0 amide bonds. The molecule has 0 bridgehead atoms. The molecule has 2 aromatic rings. The van der Waals surface area contributed by atoms with Gasteiger partial charge in [0.25, 0.3) is 0 Å². The van der Waals surface area contributed by atoms with Crippen molar-refractivity contribution in [3.05, 3.63) is 42.4 Å². The van der Waals surface area contributed by atoms with Crippen molar-refractivity contribution in [1.82, 2.24) is 20.6 Å². The molecule has 0 fully saturated rings. The monoisotopic (exact) mass is 329 g/mol. The first kappa shape index (κ1) is 18.0. The minimum Gasteiger partial charge on any atom is -0.382 e. The zero-order valence-corrected chi connectivity index (χ0v) is 14.5. The molecule has 0 atom stereocenters. The summed E-state index contributed by atoms with van der Waals surface area (Å²) in [6.07, 6.45) is 3.96. The van der Waals surface area contributed by atoms with Gasteiger partial charge >= 0.3 is 0 Å². The predicted octanol–water partition coefficient (Wildman–Crippen LogP) is 2.56. The van der Waals surface area contributed by atoms with Gasteiger partial charge in [0.05, 0.1) is 18.4 Å². The fourth-order valence-electron chi connectivity index (χ4n) is 2.29. The van der Waals surface area contributed by atoms with E-state index in [1.165, 1.54) is 0 Å². The van der Waals surface area contributed by atoms with E-state index in [4.69, 9.17) is 4.74 Å². The molecule has 0 aliphatic rings. The molecule has 1 heterocycles. The summed E-state index contributed by atoms with van der Waals surface area (Å²) in [7, 11) is 1.77. The summed E-state index contributed by atoms with van der Waals surface area (Å²) in [6.45, 7) is 5.09. The standard InChI is InChI=1S/C18H27N5O/c1-3-24-12-8-7-11-20-18(19-2)22-14-17-21-13-16(23-17)15-9-5-4-6-10-15/h4-6,9-10,13H,3,7-8,11-12,14H2,1-2H3,(H,21,23)(H2,19,20,22). The van der Waals surface area contributed by atoms with E-state index in [0.717, 1.165) is 55.6 Å². The summed E-state index contributed by atoms with van der Waals surface area (Å²) < 4.78 is 5.32. The van der Waals surface area contributed by atoms with Gasteiger partial charge in [-0.05, 0) is 25.3 Å². The van der Waals surface area contributed by atoms with Crippen LogP contribution < -0.4 is 10.6 Å². The highest BCUT2D eigenvalue weighted by molar-refractivity contribution is 5.79. The second kappa shape index (κ2) is 10.4. The molecule has 0 saturated carbocycles. The maximum Gasteiger partial charge on any atom is 0.191 e. The van der Waals surface area contributed by atoms with Gasteiger partial charge in [-0.3, -0.25) is 4.99 Å². The van der Waals surface area contributed by atoms with Crippen molar-refractivity contribution in [3.63, 3.8) is 0 Å². The molecule has 1 aromatic heterocycles. The second-order valence-electron chi connectivity index (χ2n) is 5.37. The number of nitrogens with zero attached hydrogens (tertiary/aromatic N) is 2. The fraction of sp³-hybridized carbons (Fsp3) is 0.444. The average molecular weight is 329 g/mol. The number of H-pyrrole nitrogens is 1. The molecule has 0 aliphatic carbocycles. The largest absolute Gasteiger partial charge is 0.382 e. The summed E-state index contributed by atoms with van der Waals surface area (Å²) in [5.74, 6) is 1.66. The minimum atomic E-state index is 0.603. The van der Waals surface area contributed by atoms with Crippen LogP contribution in [0.1, 0.15) is 25.6 Å². The number of guanidine groups is 1. The number of benzene rings is 1. The summed E-state index contributed by atoms with van der Waals surface area (Å²) >= 11 is 0. The van der Waals surface area contributed by atoms with Crippen molar-refractivity contribution < 1.29 is 4.74 Å². The molecule has 130 valence electrons. The van der Waals surface area contributed by atoms with Crippen molar-refractivity contribution in [3.8, 4) is 11.3 Å². The van der Waals surface area contributed by atoms with E-state index in [0.29, 0.717) is 6.54 Å². The highest BCUT2D eigenvalue weighted by atomic mass is 16.5. The van der Waals surface area contributed by atoms with E-state index in [1.54, 1.807) is 7.05 Å². The maximum absolute atomic E-state index is 5.32. The van der Waals surface area contributed by atoms with Crippen molar-refractivity contribution in [2.45, 2.75) is 26.3 Å². The van der Waals surface area contributed by atoms with Crippen LogP contribution in [0.25, 0.3) is 11.3 Å². The summed E-state index contributed by atoms with van der Waals surface area (Å²) in [6, 6.07) is 10.2. The Labute approximate surface area is 143 Å². The lowest BCUT2D eigenvalue weighted by atomic mass is 10.2. The normalized spacial score (nSPS) is 11.5. The van der Waals surface area contributed by atoms with E-state index in [-0.39, 0.29) is 0 Å². The third-order valence-electron chi connectivity index (χ3n) is 3.57. The Morgan fingerprint density at radius 3 is 2.79 bits per heavy atom. The first-order valence-electron chi connectivity index (χ1n) is 8.45. The second-order valence-corrected chi connectivity index (χ2v) is 5.37. The van der Waals surface area contributed by atoms with Crippen LogP contribution in [0.5, 0.6) is 0 Å². The Morgan fingerprint density at radius 2 is 2.04 bits per heavy atom. The number of aromatic amines is 1. The van der Waals surface area contributed by atoms with Crippen LogP contribution in [0.4, 0.5) is 0 Å². The third kappa shape index (κ3) is 6.04. The molecule has 0 aliphatic heterocycles. The Morgan fingerprint density at radius 1 is 1.21 bits per heavy atom. The van der Waals surface area contributed by atoms with Crippen molar-refractivity contribution in [1.29, 1.82) is 0 Å².